The van der Waals surface area contributed by atoms with Crippen LogP contribution < -0.4 is 0 Å². The highest BCUT2D eigenvalue weighted by Gasteiger charge is 2.35. The van der Waals surface area contributed by atoms with E-state index >= 15 is 0 Å². The predicted molar refractivity (Wildman–Crippen MR) is 64.7 cm³/mol. The molecule has 82 valence electrons. The molecule has 0 unspecified atom stereocenters. The average Bonchev–Trinajstić information content (AvgIpc) is 2.63. The molecule has 2 heterocycles. The van der Waals surface area contributed by atoms with Crippen molar-refractivity contribution in [2.24, 2.45) is 0 Å². The Bertz CT molecular complexity index is 610. The first-order valence-electron chi connectivity index (χ1n) is 5.21. The number of fused-ring (bicyclic) bond motifs is 3. The summed E-state index contributed by atoms with van der Waals surface area (Å²) < 4.78 is 1.74. The Morgan fingerprint density at radius 3 is 3.00 bits per heavy atom. The first kappa shape index (κ1) is 9.85. The fourth-order valence-electron chi connectivity index (χ4n) is 2.56. The topological polar surface area (TPSA) is 30.2 Å². The van der Waals surface area contributed by atoms with Crippen LogP contribution in [0.1, 0.15) is 31.4 Å². The molecule has 0 saturated carbocycles. The van der Waals surface area contributed by atoms with E-state index in [9.17, 15) is 0 Å². The summed E-state index contributed by atoms with van der Waals surface area (Å²) in [5, 5.41) is 4.78. The average molecular weight is 234 g/mol. The predicted octanol–water partition coefficient (Wildman–Crippen LogP) is 3.08. The van der Waals surface area contributed by atoms with E-state index in [1.807, 2.05) is 6.20 Å². The number of allylic oxidation sites excluding steroid dienone is 1. The third-order valence-corrected chi connectivity index (χ3v) is 3.36. The molecule has 2 aromatic heterocycles. The van der Waals surface area contributed by atoms with Crippen LogP contribution in [-0.4, -0.2) is 14.6 Å². The van der Waals surface area contributed by atoms with Gasteiger partial charge >= 0.3 is 0 Å². The van der Waals surface area contributed by atoms with Crippen molar-refractivity contribution in [1.82, 2.24) is 14.6 Å². The third-order valence-electron chi connectivity index (χ3n) is 3.18. The molecular formula is C12H12ClN3. The summed E-state index contributed by atoms with van der Waals surface area (Å²) in [6.45, 7) is 8.50. The van der Waals surface area contributed by atoms with E-state index in [1.54, 1.807) is 10.7 Å². The van der Waals surface area contributed by atoms with E-state index in [2.05, 4.69) is 30.5 Å². The smallest absolute Gasteiger partial charge is 0.159 e. The molecule has 0 amide bonds. The second-order valence-electron chi connectivity index (χ2n) is 4.93. The number of imidazole rings is 1. The molecule has 0 atom stereocenters. The molecule has 2 aromatic rings. The molecule has 0 bridgehead atoms. The van der Waals surface area contributed by atoms with Gasteiger partial charge < -0.3 is 0 Å². The fraction of sp³-hybridized carbons (Fsp3) is 0.333. The molecule has 0 saturated heterocycles. The van der Waals surface area contributed by atoms with Gasteiger partial charge in [0.05, 0.1) is 12.4 Å². The van der Waals surface area contributed by atoms with Crippen molar-refractivity contribution in [3.63, 3.8) is 0 Å². The maximum absolute atomic E-state index is 5.92. The molecule has 1 aliphatic carbocycles. The van der Waals surface area contributed by atoms with Crippen LogP contribution in [0.5, 0.6) is 0 Å². The SMILES string of the molecule is C=C1CC(C)(C)c2c1cnn1cc(Cl)nc21. The van der Waals surface area contributed by atoms with E-state index in [4.69, 9.17) is 11.6 Å². The molecule has 0 N–H and O–H groups in total. The van der Waals surface area contributed by atoms with Gasteiger partial charge in [-0.15, -0.1) is 0 Å². The minimum Gasteiger partial charge on any atom is -0.219 e. The molecule has 0 fully saturated rings. The van der Waals surface area contributed by atoms with Gasteiger partial charge in [-0.05, 0) is 17.4 Å². The maximum Gasteiger partial charge on any atom is 0.159 e. The Kier molecular flexibility index (Phi) is 1.76. The minimum absolute atomic E-state index is 0.0608. The van der Waals surface area contributed by atoms with Gasteiger partial charge in [0.1, 0.15) is 5.15 Å². The van der Waals surface area contributed by atoms with E-state index in [1.165, 1.54) is 5.56 Å². The van der Waals surface area contributed by atoms with E-state index in [0.717, 1.165) is 23.2 Å². The molecular weight excluding hydrogens is 222 g/mol. The zero-order chi connectivity index (χ0) is 11.5. The van der Waals surface area contributed by atoms with Crippen molar-refractivity contribution in [3.05, 3.63) is 35.3 Å². The van der Waals surface area contributed by atoms with Gasteiger partial charge in [0, 0.05) is 11.1 Å². The molecule has 4 heteroatoms. The molecule has 0 radical (unpaired) electrons. The zero-order valence-corrected chi connectivity index (χ0v) is 10.0. The number of nitrogens with zero attached hydrogens (tertiary/aromatic N) is 3. The summed E-state index contributed by atoms with van der Waals surface area (Å²) >= 11 is 5.92. The summed E-state index contributed by atoms with van der Waals surface area (Å²) in [5.41, 5.74) is 4.38. The Morgan fingerprint density at radius 2 is 2.25 bits per heavy atom. The van der Waals surface area contributed by atoms with Crippen LogP contribution in [0.4, 0.5) is 0 Å². The molecule has 0 spiro atoms. The van der Waals surface area contributed by atoms with Gasteiger partial charge in [-0.1, -0.05) is 32.0 Å². The molecule has 3 nitrogen and oxygen atoms in total. The van der Waals surface area contributed by atoms with Crippen LogP contribution in [0.2, 0.25) is 5.15 Å². The third kappa shape index (κ3) is 1.15. The number of rotatable bonds is 0. The lowest BCUT2D eigenvalue weighted by molar-refractivity contribution is 0.563. The second-order valence-corrected chi connectivity index (χ2v) is 5.32. The maximum atomic E-state index is 5.92. The van der Waals surface area contributed by atoms with Crippen molar-refractivity contribution < 1.29 is 0 Å². The highest BCUT2D eigenvalue weighted by molar-refractivity contribution is 6.29. The summed E-state index contributed by atoms with van der Waals surface area (Å²) in [7, 11) is 0. The number of halogens is 1. The van der Waals surface area contributed by atoms with Gasteiger partial charge in [0.15, 0.2) is 5.65 Å². The molecule has 3 rings (SSSR count). The number of aromatic nitrogens is 3. The van der Waals surface area contributed by atoms with Crippen molar-refractivity contribution in [2.75, 3.05) is 0 Å². The quantitative estimate of drug-likeness (QED) is 0.700. The van der Waals surface area contributed by atoms with Crippen LogP contribution in [0.25, 0.3) is 11.2 Å². The molecule has 0 aliphatic heterocycles. The van der Waals surface area contributed by atoms with Gasteiger partial charge in [0.25, 0.3) is 0 Å². The van der Waals surface area contributed by atoms with Crippen LogP contribution in [0, 0.1) is 0 Å². The Balaban J connectivity index is 2.46. The van der Waals surface area contributed by atoms with E-state index < -0.39 is 0 Å². The summed E-state index contributed by atoms with van der Waals surface area (Å²) in [5.74, 6) is 0. The highest BCUT2D eigenvalue weighted by atomic mass is 35.5. The second kappa shape index (κ2) is 2.86. The summed E-state index contributed by atoms with van der Waals surface area (Å²) in [6, 6.07) is 0. The van der Waals surface area contributed by atoms with Crippen LogP contribution in [0.3, 0.4) is 0 Å². The minimum atomic E-state index is 0.0608. The van der Waals surface area contributed by atoms with Gasteiger partial charge in [-0.3, -0.25) is 0 Å². The molecule has 0 aromatic carbocycles. The summed E-state index contributed by atoms with van der Waals surface area (Å²) in [4.78, 5) is 4.34. The van der Waals surface area contributed by atoms with Gasteiger partial charge in [0.2, 0.25) is 0 Å². The first-order valence-corrected chi connectivity index (χ1v) is 5.59. The zero-order valence-electron chi connectivity index (χ0n) is 9.29. The molecule has 1 aliphatic rings. The van der Waals surface area contributed by atoms with Crippen LogP contribution >= 0.6 is 11.6 Å². The van der Waals surface area contributed by atoms with Crippen molar-refractivity contribution >= 4 is 22.8 Å². The first-order chi connectivity index (χ1) is 7.49. The molecule has 16 heavy (non-hydrogen) atoms. The monoisotopic (exact) mass is 233 g/mol. The van der Waals surface area contributed by atoms with Gasteiger partial charge in [-0.25, -0.2) is 9.50 Å². The lowest BCUT2D eigenvalue weighted by atomic mass is 9.87. The van der Waals surface area contributed by atoms with Crippen LogP contribution in [0.15, 0.2) is 19.0 Å². The Hall–Kier alpha value is -1.35. The van der Waals surface area contributed by atoms with Crippen molar-refractivity contribution in [2.45, 2.75) is 25.7 Å². The largest absolute Gasteiger partial charge is 0.219 e. The lowest BCUT2D eigenvalue weighted by Gasteiger charge is -2.18. The Morgan fingerprint density at radius 1 is 1.50 bits per heavy atom. The summed E-state index contributed by atoms with van der Waals surface area (Å²) in [6.07, 6.45) is 4.54. The Labute approximate surface area is 98.8 Å². The fourth-order valence-corrected chi connectivity index (χ4v) is 2.73. The normalized spacial score (nSPS) is 18.1. The van der Waals surface area contributed by atoms with Crippen molar-refractivity contribution in [1.29, 1.82) is 0 Å². The number of hydrogen-bond donors (Lipinski definition) is 0. The van der Waals surface area contributed by atoms with E-state index in [0.29, 0.717) is 5.15 Å². The highest BCUT2D eigenvalue weighted by Crippen LogP contribution is 2.45. The van der Waals surface area contributed by atoms with Gasteiger partial charge in [-0.2, -0.15) is 5.10 Å². The van der Waals surface area contributed by atoms with Crippen molar-refractivity contribution in [3.8, 4) is 0 Å². The van der Waals surface area contributed by atoms with Crippen LogP contribution in [-0.2, 0) is 5.41 Å². The standard InChI is InChI=1S/C12H12ClN3/c1-7-4-12(2,3)10-8(7)5-14-16-6-9(13)15-11(10)16/h5-6H,1,4H2,2-3H3. The van der Waals surface area contributed by atoms with E-state index in [-0.39, 0.29) is 5.41 Å². The lowest BCUT2D eigenvalue weighted by Crippen LogP contribution is -2.14. The number of hydrogen-bond acceptors (Lipinski definition) is 2.